The topological polar surface area (TPSA) is 83.2 Å². The molecule has 3 rings (SSSR count). The van der Waals surface area contributed by atoms with Gasteiger partial charge in [0.1, 0.15) is 5.75 Å². The van der Waals surface area contributed by atoms with E-state index >= 15 is 0 Å². The number of ether oxygens (including phenoxy) is 1. The predicted octanol–water partition coefficient (Wildman–Crippen LogP) is 2.86. The number of para-hydroxylation sites is 1. The lowest BCUT2D eigenvalue weighted by Gasteiger charge is -2.08. The van der Waals surface area contributed by atoms with Crippen molar-refractivity contribution < 1.29 is 14.3 Å². The summed E-state index contributed by atoms with van der Waals surface area (Å²) in [6.07, 6.45) is 2.73. The van der Waals surface area contributed by atoms with Crippen LogP contribution in [-0.4, -0.2) is 29.9 Å². The summed E-state index contributed by atoms with van der Waals surface area (Å²) >= 11 is 0. The minimum atomic E-state index is -0.171. The van der Waals surface area contributed by atoms with E-state index in [1.54, 1.807) is 24.3 Å². The Morgan fingerprint density at radius 3 is 2.62 bits per heavy atom. The number of nitrogens with one attached hydrogen (secondary N) is 3. The number of hydrogen-bond acceptors (Lipinski definition) is 3. The van der Waals surface area contributed by atoms with Crippen LogP contribution in [0.3, 0.4) is 0 Å². The molecule has 0 spiro atoms. The molecular formula is C20H21N3O3. The van der Waals surface area contributed by atoms with Gasteiger partial charge in [0, 0.05) is 36.3 Å². The molecule has 3 aromatic rings. The Morgan fingerprint density at radius 2 is 1.85 bits per heavy atom. The van der Waals surface area contributed by atoms with Crippen molar-refractivity contribution >= 4 is 28.4 Å². The second-order valence-electron chi connectivity index (χ2n) is 5.95. The van der Waals surface area contributed by atoms with Crippen LogP contribution in [0.1, 0.15) is 12.5 Å². The van der Waals surface area contributed by atoms with Gasteiger partial charge < -0.3 is 20.4 Å². The summed E-state index contributed by atoms with van der Waals surface area (Å²) in [5, 5.41) is 6.71. The number of carbonyl (C=O) groups excluding carboxylic acids is 2. The van der Waals surface area contributed by atoms with Crippen LogP contribution in [0.25, 0.3) is 10.9 Å². The molecular weight excluding hydrogens is 330 g/mol. The van der Waals surface area contributed by atoms with Crippen LogP contribution < -0.4 is 15.4 Å². The van der Waals surface area contributed by atoms with Gasteiger partial charge in [-0.05, 0) is 42.3 Å². The second kappa shape index (κ2) is 8.20. The van der Waals surface area contributed by atoms with Crippen LogP contribution in [0, 0.1) is 0 Å². The van der Waals surface area contributed by atoms with Crippen LogP contribution in [0.2, 0.25) is 0 Å². The van der Waals surface area contributed by atoms with Crippen molar-refractivity contribution in [3.8, 4) is 5.75 Å². The maximum atomic E-state index is 11.9. The number of aromatic nitrogens is 1. The summed E-state index contributed by atoms with van der Waals surface area (Å²) in [4.78, 5) is 26.1. The Kier molecular flexibility index (Phi) is 5.53. The van der Waals surface area contributed by atoms with Crippen LogP contribution in [0.5, 0.6) is 5.75 Å². The second-order valence-corrected chi connectivity index (χ2v) is 5.95. The summed E-state index contributed by atoms with van der Waals surface area (Å²) in [5.41, 5.74) is 2.96. The third kappa shape index (κ3) is 4.63. The van der Waals surface area contributed by atoms with Gasteiger partial charge in [-0.2, -0.15) is 0 Å². The molecule has 0 saturated heterocycles. The number of anilines is 1. The fourth-order valence-corrected chi connectivity index (χ4v) is 2.71. The molecule has 0 saturated carbocycles. The first kappa shape index (κ1) is 17.5. The third-order valence-electron chi connectivity index (χ3n) is 3.94. The van der Waals surface area contributed by atoms with Crippen LogP contribution in [0.4, 0.5) is 5.69 Å². The first-order valence-electron chi connectivity index (χ1n) is 8.44. The Hall–Kier alpha value is -3.28. The van der Waals surface area contributed by atoms with E-state index in [2.05, 4.69) is 21.7 Å². The molecule has 0 aliphatic rings. The minimum Gasteiger partial charge on any atom is -0.484 e. The summed E-state index contributed by atoms with van der Waals surface area (Å²) in [7, 11) is 0. The van der Waals surface area contributed by atoms with Gasteiger partial charge in [0.2, 0.25) is 5.91 Å². The molecule has 0 aliphatic heterocycles. The van der Waals surface area contributed by atoms with Gasteiger partial charge in [0.25, 0.3) is 5.91 Å². The first-order chi connectivity index (χ1) is 12.6. The minimum absolute atomic E-state index is 0.0482. The highest BCUT2D eigenvalue weighted by Crippen LogP contribution is 2.18. The van der Waals surface area contributed by atoms with E-state index in [0.29, 0.717) is 18.0 Å². The van der Waals surface area contributed by atoms with E-state index in [1.165, 1.54) is 17.9 Å². The Labute approximate surface area is 151 Å². The molecule has 1 heterocycles. The highest BCUT2D eigenvalue weighted by atomic mass is 16.5. The Balaban J connectivity index is 1.42. The number of amides is 2. The molecule has 0 atom stereocenters. The zero-order chi connectivity index (χ0) is 18.4. The van der Waals surface area contributed by atoms with Gasteiger partial charge in [-0.3, -0.25) is 9.59 Å². The maximum Gasteiger partial charge on any atom is 0.257 e. The van der Waals surface area contributed by atoms with Gasteiger partial charge >= 0.3 is 0 Å². The number of fused-ring (bicyclic) bond motifs is 1. The fourth-order valence-electron chi connectivity index (χ4n) is 2.71. The lowest BCUT2D eigenvalue weighted by Crippen LogP contribution is -2.30. The zero-order valence-corrected chi connectivity index (χ0v) is 14.5. The molecule has 6 heteroatoms. The van der Waals surface area contributed by atoms with E-state index < -0.39 is 0 Å². The molecule has 0 fully saturated rings. The molecule has 2 aromatic carbocycles. The normalized spacial score (nSPS) is 10.5. The third-order valence-corrected chi connectivity index (χ3v) is 3.94. The largest absolute Gasteiger partial charge is 0.484 e. The van der Waals surface area contributed by atoms with Crippen LogP contribution in [0.15, 0.2) is 54.7 Å². The molecule has 1 aromatic heterocycles. The average Bonchev–Trinajstić information content (AvgIpc) is 3.04. The van der Waals surface area contributed by atoms with Crippen molar-refractivity contribution in [1.29, 1.82) is 0 Å². The molecule has 0 unspecified atom stereocenters. The van der Waals surface area contributed by atoms with E-state index in [0.717, 1.165) is 11.9 Å². The number of carbonyl (C=O) groups is 2. The van der Waals surface area contributed by atoms with Crippen molar-refractivity contribution in [3.63, 3.8) is 0 Å². The number of rotatable bonds is 7. The van der Waals surface area contributed by atoms with Crippen molar-refractivity contribution in [3.05, 3.63) is 60.3 Å². The zero-order valence-electron chi connectivity index (χ0n) is 14.5. The number of H-pyrrole nitrogens is 1. The first-order valence-corrected chi connectivity index (χ1v) is 8.44. The average molecular weight is 351 g/mol. The lowest BCUT2D eigenvalue weighted by atomic mass is 10.1. The molecule has 26 heavy (non-hydrogen) atoms. The Bertz CT molecular complexity index is 900. The van der Waals surface area contributed by atoms with E-state index in [4.69, 9.17) is 4.74 Å². The van der Waals surface area contributed by atoms with E-state index in [1.807, 2.05) is 24.4 Å². The van der Waals surface area contributed by atoms with Crippen molar-refractivity contribution in [1.82, 2.24) is 10.3 Å². The van der Waals surface area contributed by atoms with Crippen LogP contribution in [-0.2, 0) is 16.0 Å². The molecule has 0 radical (unpaired) electrons. The van der Waals surface area contributed by atoms with Crippen molar-refractivity contribution in [2.75, 3.05) is 18.5 Å². The smallest absolute Gasteiger partial charge is 0.257 e. The van der Waals surface area contributed by atoms with E-state index in [-0.39, 0.29) is 18.4 Å². The molecule has 6 nitrogen and oxygen atoms in total. The standard InChI is InChI=1S/C20H21N3O3/c1-14(24)23-16-6-8-17(9-7-16)26-13-20(25)21-11-10-15-12-22-19-5-3-2-4-18(15)19/h2-9,12,22H,10-11,13H2,1H3,(H,21,25)(H,23,24). The maximum absolute atomic E-state index is 11.9. The Morgan fingerprint density at radius 1 is 1.08 bits per heavy atom. The number of benzene rings is 2. The van der Waals surface area contributed by atoms with Gasteiger partial charge in [-0.1, -0.05) is 18.2 Å². The molecule has 0 aliphatic carbocycles. The monoisotopic (exact) mass is 351 g/mol. The van der Waals surface area contributed by atoms with E-state index in [9.17, 15) is 9.59 Å². The summed E-state index contributed by atoms with van der Waals surface area (Å²) in [6.45, 7) is 1.95. The molecule has 0 bridgehead atoms. The SMILES string of the molecule is CC(=O)Nc1ccc(OCC(=O)NCCc2c[nH]c3ccccc23)cc1. The molecule has 134 valence electrons. The predicted molar refractivity (Wildman–Crippen MR) is 101 cm³/mol. The highest BCUT2D eigenvalue weighted by molar-refractivity contribution is 5.88. The van der Waals surface area contributed by atoms with Crippen molar-refractivity contribution in [2.24, 2.45) is 0 Å². The van der Waals surface area contributed by atoms with Gasteiger partial charge in [0.05, 0.1) is 0 Å². The molecule has 3 N–H and O–H groups in total. The summed E-state index contributed by atoms with van der Waals surface area (Å²) in [6, 6.07) is 15.0. The van der Waals surface area contributed by atoms with Crippen LogP contribution >= 0.6 is 0 Å². The van der Waals surface area contributed by atoms with Gasteiger partial charge in [-0.25, -0.2) is 0 Å². The lowest BCUT2D eigenvalue weighted by molar-refractivity contribution is -0.123. The fraction of sp³-hybridized carbons (Fsp3) is 0.200. The summed E-state index contributed by atoms with van der Waals surface area (Å²) in [5.74, 6) is 0.273. The summed E-state index contributed by atoms with van der Waals surface area (Å²) < 4.78 is 5.45. The van der Waals surface area contributed by atoms with Crippen molar-refractivity contribution in [2.45, 2.75) is 13.3 Å². The molecule has 2 amide bonds. The van der Waals surface area contributed by atoms with Gasteiger partial charge in [-0.15, -0.1) is 0 Å². The van der Waals surface area contributed by atoms with Gasteiger partial charge in [0.15, 0.2) is 6.61 Å². The quantitative estimate of drug-likeness (QED) is 0.612. The highest BCUT2D eigenvalue weighted by Gasteiger charge is 2.06. The number of hydrogen-bond donors (Lipinski definition) is 3. The number of aromatic amines is 1.